The molecular formula is C31H33NO5. The van der Waals surface area contributed by atoms with Gasteiger partial charge in [-0.2, -0.15) is 0 Å². The van der Waals surface area contributed by atoms with Gasteiger partial charge in [-0.05, 0) is 80.3 Å². The lowest BCUT2D eigenvalue weighted by Gasteiger charge is -2.26. The second kappa shape index (κ2) is 10.9. The molecule has 1 amide bonds. The Bertz CT molecular complexity index is 1310. The summed E-state index contributed by atoms with van der Waals surface area (Å²) >= 11 is 0. The van der Waals surface area contributed by atoms with Crippen molar-refractivity contribution in [1.82, 2.24) is 0 Å². The Morgan fingerprint density at radius 1 is 0.946 bits per heavy atom. The van der Waals surface area contributed by atoms with Crippen LogP contribution in [0.15, 0.2) is 78.4 Å². The van der Waals surface area contributed by atoms with Gasteiger partial charge in [-0.25, -0.2) is 0 Å². The number of ketones is 1. The van der Waals surface area contributed by atoms with Crippen LogP contribution in [0.25, 0.3) is 5.76 Å². The summed E-state index contributed by atoms with van der Waals surface area (Å²) in [5, 5.41) is 11.5. The van der Waals surface area contributed by atoms with Crippen LogP contribution < -0.4 is 14.4 Å². The van der Waals surface area contributed by atoms with E-state index in [0.29, 0.717) is 23.6 Å². The number of rotatable bonds is 8. The lowest BCUT2D eigenvalue weighted by molar-refractivity contribution is -0.132. The minimum absolute atomic E-state index is 0.00856. The molecule has 1 aliphatic rings. The van der Waals surface area contributed by atoms with Crippen LogP contribution in [-0.2, 0) is 9.59 Å². The Balaban J connectivity index is 1.86. The van der Waals surface area contributed by atoms with Crippen LogP contribution in [-0.4, -0.2) is 29.5 Å². The lowest BCUT2D eigenvalue weighted by Crippen LogP contribution is -2.29. The SMILES string of the molecule is CCOc1ccc(/C(O)=C2/C(=O)C(=O)N(c3ccc(OC(C)C)cc3)C2c2ccccc2)cc1C(C)C. The zero-order valence-corrected chi connectivity index (χ0v) is 21.9. The van der Waals surface area contributed by atoms with Crippen LogP contribution in [0, 0.1) is 0 Å². The van der Waals surface area contributed by atoms with Crippen molar-refractivity contribution in [3.05, 3.63) is 95.1 Å². The first-order chi connectivity index (χ1) is 17.7. The highest BCUT2D eigenvalue weighted by molar-refractivity contribution is 6.51. The fraction of sp³-hybridized carbons (Fsp3) is 0.290. The second-order valence-electron chi connectivity index (χ2n) is 9.58. The van der Waals surface area contributed by atoms with E-state index < -0.39 is 17.7 Å². The Hall–Kier alpha value is -4.06. The molecule has 1 N–H and O–H groups in total. The van der Waals surface area contributed by atoms with Crippen LogP contribution in [0.2, 0.25) is 0 Å². The van der Waals surface area contributed by atoms with Gasteiger partial charge in [-0.3, -0.25) is 14.5 Å². The van der Waals surface area contributed by atoms with Crippen LogP contribution in [0.4, 0.5) is 5.69 Å². The maximum atomic E-state index is 13.4. The number of carbonyl (C=O) groups excluding carboxylic acids is 2. The minimum Gasteiger partial charge on any atom is -0.507 e. The number of hydrogen-bond acceptors (Lipinski definition) is 5. The average Bonchev–Trinajstić information content (AvgIpc) is 3.15. The molecule has 6 heteroatoms. The average molecular weight is 500 g/mol. The quantitative estimate of drug-likeness (QED) is 0.214. The van der Waals surface area contributed by atoms with Gasteiger partial charge in [0.25, 0.3) is 11.7 Å². The van der Waals surface area contributed by atoms with E-state index in [9.17, 15) is 14.7 Å². The van der Waals surface area contributed by atoms with E-state index in [1.807, 2.05) is 71.0 Å². The number of hydrogen-bond donors (Lipinski definition) is 1. The van der Waals surface area contributed by atoms with E-state index in [1.54, 1.807) is 36.4 Å². The molecule has 0 radical (unpaired) electrons. The molecule has 0 saturated carbocycles. The molecule has 0 aromatic heterocycles. The van der Waals surface area contributed by atoms with E-state index in [1.165, 1.54) is 4.90 Å². The maximum absolute atomic E-state index is 13.4. The van der Waals surface area contributed by atoms with Gasteiger partial charge >= 0.3 is 0 Å². The fourth-order valence-corrected chi connectivity index (χ4v) is 4.60. The topological polar surface area (TPSA) is 76.1 Å². The van der Waals surface area contributed by atoms with E-state index >= 15 is 0 Å². The molecule has 1 atom stereocenters. The Morgan fingerprint density at radius 2 is 1.62 bits per heavy atom. The largest absolute Gasteiger partial charge is 0.507 e. The first-order valence-electron chi connectivity index (χ1n) is 12.6. The molecule has 37 heavy (non-hydrogen) atoms. The number of Topliss-reactive ketones (excluding diaryl/α,β-unsaturated/α-hetero) is 1. The number of benzene rings is 3. The van der Waals surface area contributed by atoms with Gasteiger partial charge in [-0.15, -0.1) is 0 Å². The van der Waals surface area contributed by atoms with Gasteiger partial charge in [0.1, 0.15) is 17.3 Å². The molecule has 1 fully saturated rings. The number of aliphatic hydroxyl groups excluding tert-OH is 1. The predicted octanol–water partition coefficient (Wildman–Crippen LogP) is 6.62. The molecule has 192 valence electrons. The van der Waals surface area contributed by atoms with E-state index in [2.05, 4.69) is 0 Å². The van der Waals surface area contributed by atoms with Gasteiger partial charge in [0.2, 0.25) is 0 Å². The number of anilines is 1. The number of nitrogens with zero attached hydrogens (tertiary/aromatic N) is 1. The summed E-state index contributed by atoms with van der Waals surface area (Å²) in [6.45, 7) is 10.4. The van der Waals surface area contributed by atoms with Gasteiger partial charge in [0, 0.05) is 11.3 Å². The molecule has 4 rings (SSSR count). The summed E-state index contributed by atoms with van der Waals surface area (Å²) in [5.74, 6) is -0.0931. The summed E-state index contributed by atoms with van der Waals surface area (Å²) < 4.78 is 11.5. The summed E-state index contributed by atoms with van der Waals surface area (Å²) in [4.78, 5) is 28.3. The first-order valence-corrected chi connectivity index (χ1v) is 12.6. The van der Waals surface area contributed by atoms with Gasteiger partial charge in [-0.1, -0.05) is 44.2 Å². The molecule has 3 aromatic rings. The zero-order valence-electron chi connectivity index (χ0n) is 21.9. The summed E-state index contributed by atoms with van der Waals surface area (Å²) in [5.41, 5.74) is 2.70. The lowest BCUT2D eigenvalue weighted by atomic mass is 9.93. The maximum Gasteiger partial charge on any atom is 0.300 e. The molecule has 1 aliphatic heterocycles. The Labute approximate surface area is 218 Å². The smallest absolute Gasteiger partial charge is 0.300 e. The highest BCUT2D eigenvalue weighted by atomic mass is 16.5. The molecule has 1 saturated heterocycles. The highest BCUT2D eigenvalue weighted by Crippen LogP contribution is 2.43. The monoisotopic (exact) mass is 499 g/mol. The number of carbonyl (C=O) groups is 2. The third-order valence-electron chi connectivity index (χ3n) is 6.25. The van der Waals surface area contributed by atoms with Crippen LogP contribution >= 0.6 is 0 Å². The Morgan fingerprint density at radius 3 is 2.22 bits per heavy atom. The molecular weight excluding hydrogens is 466 g/mol. The molecule has 3 aromatic carbocycles. The number of ether oxygens (including phenoxy) is 2. The van der Waals surface area contributed by atoms with Crippen LogP contribution in [0.5, 0.6) is 11.5 Å². The number of amides is 1. The van der Waals surface area contributed by atoms with Crippen molar-refractivity contribution < 1.29 is 24.2 Å². The second-order valence-corrected chi connectivity index (χ2v) is 9.58. The molecule has 0 spiro atoms. The molecule has 0 aliphatic carbocycles. The van der Waals surface area contributed by atoms with Crippen molar-refractivity contribution in [2.45, 2.75) is 52.7 Å². The zero-order chi connectivity index (χ0) is 26.7. The van der Waals surface area contributed by atoms with Crippen molar-refractivity contribution in [2.75, 3.05) is 11.5 Å². The van der Waals surface area contributed by atoms with Crippen molar-refractivity contribution >= 4 is 23.1 Å². The van der Waals surface area contributed by atoms with Gasteiger partial charge in [0.05, 0.1) is 24.3 Å². The fourth-order valence-electron chi connectivity index (χ4n) is 4.60. The Kier molecular flexibility index (Phi) is 7.67. The minimum atomic E-state index is -0.785. The van der Waals surface area contributed by atoms with Crippen molar-refractivity contribution in [3.63, 3.8) is 0 Å². The highest BCUT2D eigenvalue weighted by Gasteiger charge is 2.47. The van der Waals surface area contributed by atoms with E-state index in [4.69, 9.17) is 9.47 Å². The molecule has 6 nitrogen and oxygen atoms in total. The third kappa shape index (κ3) is 5.24. The van der Waals surface area contributed by atoms with Crippen molar-refractivity contribution in [1.29, 1.82) is 0 Å². The molecule has 1 unspecified atom stereocenters. The number of aliphatic hydroxyl groups is 1. The third-order valence-corrected chi connectivity index (χ3v) is 6.25. The predicted molar refractivity (Wildman–Crippen MR) is 145 cm³/mol. The van der Waals surface area contributed by atoms with Crippen molar-refractivity contribution in [3.8, 4) is 11.5 Å². The van der Waals surface area contributed by atoms with Gasteiger partial charge in [0.15, 0.2) is 0 Å². The summed E-state index contributed by atoms with van der Waals surface area (Å²) in [6, 6.07) is 20.9. The first kappa shape index (κ1) is 26.0. The summed E-state index contributed by atoms with van der Waals surface area (Å²) in [7, 11) is 0. The summed E-state index contributed by atoms with van der Waals surface area (Å²) in [6.07, 6.45) is 0.00856. The van der Waals surface area contributed by atoms with E-state index in [0.717, 1.165) is 16.9 Å². The molecule has 1 heterocycles. The normalized spacial score (nSPS) is 17.1. The molecule has 0 bridgehead atoms. The van der Waals surface area contributed by atoms with Gasteiger partial charge < -0.3 is 14.6 Å². The van der Waals surface area contributed by atoms with E-state index in [-0.39, 0.29) is 23.4 Å². The van der Waals surface area contributed by atoms with Crippen LogP contribution in [0.1, 0.15) is 63.3 Å². The standard InChI is InChI=1S/C31H33NO5/c1-6-36-26-17-12-22(18-25(26)19(2)3)29(33)27-28(21-10-8-7-9-11-21)32(31(35)30(27)34)23-13-15-24(16-14-23)37-20(4)5/h7-20,28,33H,6H2,1-5H3/b29-27-. The van der Waals surface area contributed by atoms with Crippen LogP contribution in [0.3, 0.4) is 0 Å². The van der Waals surface area contributed by atoms with Crippen molar-refractivity contribution in [2.24, 2.45) is 0 Å².